The van der Waals surface area contributed by atoms with Crippen molar-refractivity contribution in [3.63, 3.8) is 0 Å². The summed E-state index contributed by atoms with van der Waals surface area (Å²) in [6, 6.07) is -1.47. The molecule has 0 radical (unpaired) electrons. The first-order valence-electron chi connectivity index (χ1n) is 5.88. The van der Waals surface area contributed by atoms with Crippen molar-refractivity contribution in [2.45, 2.75) is 38.6 Å². The number of rotatable bonds is 8. The van der Waals surface area contributed by atoms with Crippen molar-refractivity contribution in [3.8, 4) is 0 Å². The molecule has 0 aliphatic rings. The molecule has 0 aromatic carbocycles. The lowest BCUT2D eigenvalue weighted by Gasteiger charge is -2.14. The minimum Gasteiger partial charge on any atom is -0.467 e. The third-order valence-electron chi connectivity index (χ3n) is 2.29. The number of aliphatic hydroxyl groups excluding tert-OH is 1. The van der Waals surface area contributed by atoms with Crippen LogP contribution >= 0.6 is 0 Å². The van der Waals surface area contributed by atoms with E-state index in [-0.39, 0.29) is 0 Å². The number of hydrogen-bond donors (Lipinski definition) is 3. The largest absolute Gasteiger partial charge is 0.467 e. The second-order valence-electron chi connectivity index (χ2n) is 3.72. The second-order valence-corrected chi connectivity index (χ2v) is 3.72. The van der Waals surface area contributed by atoms with E-state index >= 15 is 0 Å². The van der Waals surface area contributed by atoms with Gasteiger partial charge in [0.05, 0.1) is 13.7 Å². The summed E-state index contributed by atoms with van der Waals surface area (Å²) in [5.41, 5.74) is 0. The number of amides is 2. The molecule has 0 saturated carbocycles. The predicted molar refractivity (Wildman–Crippen MR) is 63.6 cm³/mol. The van der Waals surface area contributed by atoms with Crippen LogP contribution < -0.4 is 10.6 Å². The normalized spacial score (nSPS) is 11.7. The minimum absolute atomic E-state index is 0.467. The van der Waals surface area contributed by atoms with Crippen molar-refractivity contribution in [1.82, 2.24) is 10.6 Å². The average Bonchev–Trinajstić information content (AvgIpc) is 2.34. The highest BCUT2D eigenvalue weighted by Gasteiger charge is 2.19. The highest BCUT2D eigenvalue weighted by molar-refractivity contribution is 5.83. The predicted octanol–water partition coefficient (Wildman–Crippen LogP) is 0.400. The number of ether oxygens (including phenoxy) is 1. The molecule has 1 atom stereocenters. The smallest absolute Gasteiger partial charge is 0.330 e. The van der Waals surface area contributed by atoms with E-state index in [4.69, 9.17) is 5.11 Å². The van der Waals surface area contributed by atoms with Crippen LogP contribution in [-0.4, -0.2) is 43.4 Å². The summed E-state index contributed by atoms with van der Waals surface area (Å²) in [5.74, 6) is -0.659. The van der Waals surface area contributed by atoms with Gasteiger partial charge in [0.15, 0.2) is 6.04 Å². The Balaban J connectivity index is 3.72. The van der Waals surface area contributed by atoms with Gasteiger partial charge in [0, 0.05) is 6.54 Å². The number of nitrogens with one attached hydrogen (secondary N) is 2. The van der Waals surface area contributed by atoms with Gasteiger partial charge in [0.1, 0.15) is 0 Å². The molecule has 0 bridgehead atoms. The number of urea groups is 1. The standard InChI is InChI=1S/C11H22N2O4/c1-3-4-5-6-7-12-11(16)13-9(8-14)10(15)17-2/h9,14H,3-8H2,1-2H3,(H2,12,13,16)/t9-/m0/s1. The monoisotopic (exact) mass is 246 g/mol. The van der Waals surface area contributed by atoms with E-state index in [1.807, 2.05) is 0 Å². The lowest BCUT2D eigenvalue weighted by atomic mass is 10.2. The van der Waals surface area contributed by atoms with Crippen molar-refractivity contribution in [2.75, 3.05) is 20.3 Å². The first-order chi connectivity index (χ1) is 8.15. The molecule has 100 valence electrons. The summed E-state index contributed by atoms with van der Waals surface area (Å²) < 4.78 is 4.42. The van der Waals surface area contributed by atoms with E-state index in [0.717, 1.165) is 25.7 Å². The van der Waals surface area contributed by atoms with Gasteiger partial charge in [-0.2, -0.15) is 0 Å². The summed E-state index contributed by atoms with van der Waals surface area (Å²) in [6.07, 6.45) is 4.26. The molecule has 0 fully saturated rings. The lowest BCUT2D eigenvalue weighted by Crippen LogP contribution is -2.48. The van der Waals surface area contributed by atoms with Crippen LogP contribution in [-0.2, 0) is 9.53 Å². The SMILES string of the molecule is CCCCCCNC(=O)N[C@@H](CO)C(=O)OC. The number of methoxy groups -OCH3 is 1. The van der Waals surface area contributed by atoms with Gasteiger partial charge in [-0.05, 0) is 6.42 Å². The molecule has 6 nitrogen and oxygen atoms in total. The van der Waals surface area contributed by atoms with Crippen LogP contribution in [0.25, 0.3) is 0 Å². The Labute approximate surface area is 102 Å². The van der Waals surface area contributed by atoms with E-state index < -0.39 is 24.6 Å². The van der Waals surface area contributed by atoms with E-state index in [9.17, 15) is 9.59 Å². The van der Waals surface area contributed by atoms with Crippen LogP contribution in [0.1, 0.15) is 32.6 Å². The topological polar surface area (TPSA) is 87.7 Å². The fourth-order valence-corrected chi connectivity index (χ4v) is 1.28. The van der Waals surface area contributed by atoms with Crippen LogP contribution in [0.4, 0.5) is 4.79 Å². The van der Waals surface area contributed by atoms with Gasteiger partial charge in [-0.15, -0.1) is 0 Å². The number of unbranched alkanes of at least 4 members (excludes halogenated alkanes) is 3. The highest BCUT2D eigenvalue weighted by atomic mass is 16.5. The summed E-state index contributed by atoms with van der Waals surface area (Å²) in [4.78, 5) is 22.4. The number of carbonyl (C=O) groups is 2. The Hall–Kier alpha value is -1.30. The van der Waals surface area contributed by atoms with Crippen molar-refractivity contribution >= 4 is 12.0 Å². The minimum atomic E-state index is -1.00. The average molecular weight is 246 g/mol. The Bertz CT molecular complexity index is 234. The van der Waals surface area contributed by atoms with Gasteiger partial charge < -0.3 is 20.5 Å². The van der Waals surface area contributed by atoms with E-state index in [2.05, 4.69) is 22.3 Å². The molecule has 0 heterocycles. The molecule has 0 spiro atoms. The molecule has 2 amide bonds. The lowest BCUT2D eigenvalue weighted by molar-refractivity contribution is -0.143. The Morgan fingerprint density at radius 1 is 1.29 bits per heavy atom. The summed E-state index contributed by atoms with van der Waals surface area (Å²) >= 11 is 0. The van der Waals surface area contributed by atoms with Gasteiger partial charge in [-0.3, -0.25) is 0 Å². The molecule has 0 rings (SSSR count). The number of carbonyl (C=O) groups excluding carboxylic acids is 2. The van der Waals surface area contributed by atoms with Crippen LogP contribution in [0.2, 0.25) is 0 Å². The summed E-state index contributed by atoms with van der Waals surface area (Å²) in [5, 5.41) is 13.8. The quantitative estimate of drug-likeness (QED) is 0.427. The first-order valence-corrected chi connectivity index (χ1v) is 5.88. The zero-order chi connectivity index (χ0) is 13.1. The van der Waals surface area contributed by atoms with Crippen molar-refractivity contribution in [3.05, 3.63) is 0 Å². The molecular weight excluding hydrogens is 224 g/mol. The van der Waals surface area contributed by atoms with Crippen LogP contribution in [0.3, 0.4) is 0 Å². The fourth-order valence-electron chi connectivity index (χ4n) is 1.28. The van der Waals surface area contributed by atoms with E-state index in [1.54, 1.807) is 0 Å². The zero-order valence-electron chi connectivity index (χ0n) is 10.5. The maximum Gasteiger partial charge on any atom is 0.330 e. The molecule has 0 aromatic heterocycles. The number of aliphatic hydroxyl groups is 1. The molecule has 0 aromatic rings. The number of esters is 1. The van der Waals surface area contributed by atoms with Crippen molar-refractivity contribution < 1.29 is 19.4 Å². The van der Waals surface area contributed by atoms with Crippen molar-refractivity contribution in [1.29, 1.82) is 0 Å². The van der Waals surface area contributed by atoms with Gasteiger partial charge >= 0.3 is 12.0 Å². The Morgan fingerprint density at radius 2 is 2.00 bits per heavy atom. The molecule has 6 heteroatoms. The van der Waals surface area contributed by atoms with Crippen molar-refractivity contribution in [2.24, 2.45) is 0 Å². The third kappa shape index (κ3) is 7.57. The second kappa shape index (κ2) is 9.89. The molecule has 0 aliphatic carbocycles. The summed E-state index contributed by atoms with van der Waals surface area (Å²) in [6.45, 7) is 2.20. The Morgan fingerprint density at radius 3 is 2.53 bits per heavy atom. The van der Waals surface area contributed by atoms with E-state index in [1.165, 1.54) is 7.11 Å². The Kier molecular flexibility index (Phi) is 9.14. The van der Waals surface area contributed by atoms with Crippen LogP contribution in [0.5, 0.6) is 0 Å². The molecule has 0 unspecified atom stereocenters. The van der Waals surface area contributed by atoms with Gasteiger partial charge in [0.2, 0.25) is 0 Å². The molecule has 0 aliphatic heterocycles. The zero-order valence-corrected chi connectivity index (χ0v) is 10.5. The maximum absolute atomic E-state index is 11.3. The van der Waals surface area contributed by atoms with Crippen LogP contribution in [0.15, 0.2) is 0 Å². The van der Waals surface area contributed by atoms with Gasteiger partial charge in [-0.1, -0.05) is 26.2 Å². The first kappa shape index (κ1) is 15.7. The van der Waals surface area contributed by atoms with E-state index in [0.29, 0.717) is 6.54 Å². The summed E-state index contributed by atoms with van der Waals surface area (Å²) in [7, 11) is 1.20. The molecule has 0 saturated heterocycles. The van der Waals surface area contributed by atoms with Crippen LogP contribution in [0, 0.1) is 0 Å². The molecule has 3 N–H and O–H groups in total. The number of hydrogen-bond acceptors (Lipinski definition) is 4. The molecular formula is C11H22N2O4. The maximum atomic E-state index is 11.3. The highest BCUT2D eigenvalue weighted by Crippen LogP contribution is 1.96. The van der Waals surface area contributed by atoms with Gasteiger partial charge in [0.25, 0.3) is 0 Å². The fraction of sp³-hybridized carbons (Fsp3) is 0.818. The third-order valence-corrected chi connectivity index (χ3v) is 2.29. The molecule has 17 heavy (non-hydrogen) atoms. The van der Waals surface area contributed by atoms with Gasteiger partial charge in [-0.25, -0.2) is 9.59 Å².